The summed E-state index contributed by atoms with van der Waals surface area (Å²) in [5, 5.41) is 2.93. The molecule has 0 radical (unpaired) electrons. The second-order valence-electron chi connectivity index (χ2n) is 7.86. The van der Waals surface area contributed by atoms with Crippen LogP contribution in [0.2, 0.25) is 0 Å². The molecule has 1 aromatic rings. The number of ether oxygens (including phenoxy) is 2. The van der Waals surface area contributed by atoms with Gasteiger partial charge in [0.1, 0.15) is 10.5 Å². The fourth-order valence-corrected chi connectivity index (χ4v) is 6.06. The molecule has 1 unspecified atom stereocenters. The third-order valence-corrected chi connectivity index (χ3v) is 7.82. The normalized spacial score (nSPS) is 21.0. The minimum absolute atomic E-state index is 0.0280. The number of nitrogens with one attached hydrogen (secondary N) is 2. The first-order valence-corrected chi connectivity index (χ1v) is 12.0. The molecule has 168 valence electrons. The van der Waals surface area contributed by atoms with Gasteiger partial charge in [0.15, 0.2) is 0 Å². The van der Waals surface area contributed by atoms with Gasteiger partial charge in [0, 0.05) is 43.5 Å². The molecular formula is C20H31N3O6S. The average Bonchev–Trinajstić information content (AvgIpc) is 3.33. The number of carbonyl (C=O) groups is 2. The molecule has 0 spiro atoms. The number of H-pyrrole nitrogens is 1. The average molecular weight is 442 g/mol. The zero-order chi connectivity index (χ0) is 21.9. The van der Waals surface area contributed by atoms with Gasteiger partial charge in [0.05, 0.1) is 12.7 Å². The van der Waals surface area contributed by atoms with Gasteiger partial charge in [0.25, 0.3) is 0 Å². The van der Waals surface area contributed by atoms with Crippen LogP contribution < -0.4 is 5.32 Å². The SMILES string of the molecule is CCOC(=O)c1c(C)[nH]c(C)c1S(=O)(=O)N1CCC(C(=O)NCC2CCCO2)CC1. The highest BCUT2D eigenvalue weighted by molar-refractivity contribution is 7.89. The Morgan fingerprint density at radius 3 is 2.50 bits per heavy atom. The van der Waals surface area contributed by atoms with Crippen molar-refractivity contribution in [2.75, 3.05) is 32.8 Å². The molecule has 2 N–H and O–H groups in total. The number of piperidine rings is 1. The molecule has 10 heteroatoms. The summed E-state index contributed by atoms with van der Waals surface area (Å²) >= 11 is 0. The van der Waals surface area contributed by atoms with E-state index in [0.29, 0.717) is 30.8 Å². The number of esters is 1. The van der Waals surface area contributed by atoms with E-state index >= 15 is 0 Å². The first kappa shape index (κ1) is 22.8. The summed E-state index contributed by atoms with van der Waals surface area (Å²) in [6.07, 6.45) is 2.93. The van der Waals surface area contributed by atoms with Crippen LogP contribution >= 0.6 is 0 Å². The van der Waals surface area contributed by atoms with Gasteiger partial charge in [-0.1, -0.05) is 0 Å². The van der Waals surface area contributed by atoms with E-state index in [0.717, 1.165) is 19.4 Å². The number of sulfonamides is 1. The lowest BCUT2D eigenvalue weighted by Crippen LogP contribution is -2.44. The maximum absolute atomic E-state index is 13.3. The lowest BCUT2D eigenvalue weighted by atomic mass is 9.97. The molecule has 9 nitrogen and oxygen atoms in total. The molecule has 2 aliphatic heterocycles. The third kappa shape index (κ3) is 4.70. The summed E-state index contributed by atoms with van der Waals surface area (Å²) in [5.74, 6) is -0.929. The third-order valence-electron chi connectivity index (χ3n) is 5.75. The van der Waals surface area contributed by atoms with E-state index in [1.54, 1.807) is 20.8 Å². The molecule has 1 atom stereocenters. The molecule has 3 rings (SSSR count). The van der Waals surface area contributed by atoms with E-state index in [4.69, 9.17) is 9.47 Å². The maximum Gasteiger partial charge on any atom is 0.341 e. The number of amides is 1. The topological polar surface area (TPSA) is 118 Å². The molecule has 2 saturated heterocycles. The predicted molar refractivity (Wildman–Crippen MR) is 110 cm³/mol. The highest BCUT2D eigenvalue weighted by Crippen LogP contribution is 2.30. The number of nitrogens with zero attached hydrogens (tertiary/aromatic N) is 1. The van der Waals surface area contributed by atoms with E-state index in [9.17, 15) is 18.0 Å². The second kappa shape index (κ2) is 9.49. The molecule has 2 fully saturated rings. The van der Waals surface area contributed by atoms with Crippen molar-refractivity contribution in [3.8, 4) is 0 Å². The first-order valence-electron chi connectivity index (χ1n) is 10.5. The van der Waals surface area contributed by atoms with Crippen LogP contribution in [0.1, 0.15) is 54.4 Å². The number of hydrogen-bond donors (Lipinski definition) is 2. The van der Waals surface area contributed by atoms with Crippen LogP contribution in [0.15, 0.2) is 4.90 Å². The van der Waals surface area contributed by atoms with Crippen molar-refractivity contribution in [2.45, 2.75) is 57.5 Å². The smallest absolute Gasteiger partial charge is 0.341 e. The Morgan fingerprint density at radius 2 is 1.90 bits per heavy atom. The van der Waals surface area contributed by atoms with E-state index < -0.39 is 16.0 Å². The first-order chi connectivity index (χ1) is 14.3. The van der Waals surface area contributed by atoms with Crippen LogP contribution in [0.4, 0.5) is 0 Å². The van der Waals surface area contributed by atoms with Gasteiger partial charge in [-0.2, -0.15) is 4.31 Å². The van der Waals surface area contributed by atoms with Crippen molar-refractivity contribution >= 4 is 21.9 Å². The van der Waals surface area contributed by atoms with Gasteiger partial charge in [-0.25, -0.2) is 13.2 Å². The van der Waals surface area contributed by atoms with Crippen LogP contribution in [0.3, 0.4) is 0 Å². The minimum atomic E-state index is -3.89. The van der Waals surface area contributed by atoms with Gasteiger partial charge >= 0.3 is 5.97 Å². The molecule has 0 aromatic carbocycles. The van der Waals surface area contributed by atoms with Crippen LogP contribution in [-0.4, -0.2) is 68.5 Å². The fourth-order valence-electron chi connectivity index (χ4n) is 4.18. The van der Waals surface area contributed by atoms with Crippen molar-refractivity contribution in [1.82, 2.24) is 14.6 Å². The van der Waals surface area contributed by atoms with Crippen LogP contribution in [0.5, 0.6) is 0 Å². The molecule has 1 aromatic heterocycles. The van der Waals surface area contributed by atoms with Crippen molar-refractivity contribution in [3.05, 3.63) is 17.0 Å². The summed E-state index contributed by atoms with van der Waals surface area (Å²) in [6.45, 7) is 6.82. The minimum Gasteiger partial charge on any atom is -0.462 e. The summed E-state index contributed by atoms with van der Waals surface area (Å²) in [5.41, 5.74) is 0.936. The molecule has 0 saturated carbocycles. The number of rotatable bonds is 7. The van der Waals surface area contributed by atoms with Gasteiger partial charge < -0.3 is 19.8 Å². The molecule has 0 aliphatic carbocycles. The van der Waals surface area contributed by atoms with Gasteiger partial charge in [-0.3, -0.25) is 4.79 Å². The zero-order valence-electron chi connectivity index (χ0n) is 17.8. The highest BCUT2D eigenvalue weighted by Gasteiger charge is 2.37. The molecule has 3 heterocycles. The number of aromatic nitrogens is 1. The van der Waals surface area contributed by atoms with Crippen molar-refractivity contribution in [2.24, 2.45) is 5.92 Å². The standard InChI is InChI=1S/C20H31N3O6S/c1-4-28-20(25)17-13(2)22-14(3)18(17)30(26,27)23-9-7-15(8-10-23)19(24)21-12-16-6-5-11-29-16/h15-16,22H,4-12H2,1-3H3,(H,21,24). The van der Waals surface area contributed by atoms with E-state index in [-0.39, 0.29) is 48.1 Å². The maximum atomic E-state index is 13.3. The lowest BCUT2D eigenvalue weighted by Gasteiger charge is -2.31. The fraction of sp³-hybridized carbons (Fsp3) is 0.700. The van der Waals surface area contributed by atoms with E-state index in [1.165, 1.54) is 4.31 Å². The van der Waals surface area contributed by atoms with Gasteiger partial charge in [0.2, 0.25) is 15.9 Å². The molecule has 0 bridgehead atoms. The summed E-state index contributed by atoms with van der Waals surface area (Å²) in [7, 11) is -3.89. The van der Waals surface area contributed by atoms with Gasteiger partial charge in [-0.05, 0) is 46.5 Å². The molecule has 30 heavy (non-hydrogen) atoms. The quantitative estimate of drug-likeness (QED) is 0.619. The number of aryl methyl sites for hydroxylation is 2. The number of carbonyl (C=O) groups excluding carboxylic acids is 2. The Kier molecular flexibility index (Phi) is 7.20. The number of aromatic amines is 1. The summed E-state index contributed by atoms with van der Waals surface area (Å²) in [4.78, 5) is 27.7. The predicted octanol–water partition coefficient (Wildman–Crippen LogP) is 1.50. The molecule has 2 aliphatic rings. The van der Waals surface area contributed by atoms with E-state index in [1.807, 2.05) is 0 Å². The second-order valence-corrected chi connectivity index (χ2v) is 9.73. The zero-order valence-corrected chi connectivity index (χ0v) is 18.6. The Balaban J connectivity index is 1.66. The molecule has 1 amide bonds. The Labute approximate surface area is 177 Å². The Bertz CT molecular complexity index is 881. The van der Waals surface area contributed by atoms with Crippen molar-refractivity contribution in [3.63, 3.8) is 0 Å². The Hall–Kier alpha value is -1.91. The van der Waals surface area contributed by atoms with Crippen molar-refractivity contribution < 1.29 is 27.5 Å². The Morgan fingerprint density at radius 1 is 1.20 bits per heavy atom. The van der Waals surface area contributed by atoms with Gasteiger partial charge in [-0.15, -0.1) is 0 Å². The highest BCUT2D eigenvalue weighted by atomic mass is 32.2. The van der Waals surface area contributed by atoms with Crippen LogP contribution in [-0.2, 0) is 24.3 Å². The summed E-state index contributed by atoms with van der Waals surface area (Å²) in [6, 6.07) is 0. The van der Waals surface area contributed by atoms with Crippen molar-refractivity contribution in [1.29, 1.82) is 0 Å². The largest absolute Gasteiger partial charge is 0.462 e. The number of hydrogen-bond acceptors (Lipinski definition) is 6. The molecular weight excluding hydrogens is 410 g/mol. The summed E-state index contributed by atoms with van der Waals surface area (Å²) < 4.78 is 38.5. The lowest BCUT2D eigenvalue weighted by molar-refractivity contribution is -0.126. The monoisotopic (exact) mass is 441 g/mol. The van der Waals surface area contributed by atoms with Crippen LogP contribution in [0.25, 0.3) is 0 Å². The van der Waals surface area contributed by atoms with Crippen LogP contribution in [0, 0.1) is 19.8 Å². The van der Waals surface area contributed by atoms with E-state index in [2.05, 4.69) is 10.3 Å².